The van der Waals surface area contributed by atoms with Crippen LogP contribution in [0.2, 0.25) is 0 Å². The van der Waals surface area contributed by atoms with Gasteiger partial charge in [0.2, 0.25) is 0 Å². The van der Waals surface area contributed by atoms with Crippen LogP contribution in [0.3, 0.4) is 0 Å². The first-order chi connectivity index (χ1) is 12.0. The summed E-state index contributed by atoms with van der Waals surface area (Å²) in [4.78, 5) is 25.3. The normalized spacial score (nSPS) is 16.8. The molecule has 4 nitrogen and oxygen atoms in total. The molecule has 1 aliphatic rings. The van der Waals surface area contributed by atoms with Gasteiger partial charge in [0.25, 0.3) is 5.91 Å². The Morgan fingerprint density at radius 2 is 1.88 bits per heavy atom. The van der Waals surface area contributed by atoms with Crippen molar-refractivity contribution < 1.29 is 19.1 Å². The average molecular weight is 341 g/mol. The van der Waals surface area contributed by atoms with Gasteiger partial charge in [0.15, 0.2) is 0 Å². The summed E-state index contributed by atoms with van der Waals surface area (Å²) < 4.78 is 13.0. The molecule has 5 heteroatoms. The highest BCUT2D eigenvalue weighted by Gasteiger charge is 2.27. The highest BCUT2D eigenvalue weighted by molar-refractivity contribution is 5.94. The molecule has 0 aromatic heterocycles. The Kier molecular flexibility index (Phi) is 5.12. The zero-order valence-corrected chi connectivity index (χ0v) is 13.8. The van der Waals surface area contributed by atoms with Crippen molar-refractivity contribution in [2.45, 2.75) is 19.3 Å². The Hall–Kier alpha value is -2.69. The maximum Gasteiger partial charge on any atom is 0.307 e. The van der Waals surface area contributed by atoms with Crippen LogP contribution in [-0.2, 0) is 17.6 Å². The number of hydrogen-bond acceptors (Lipinski definition) is 2. The molecule has 1 heterocycles. The number of rotatable bonds is 5. The number of likely N-dealkylation sites (tertiary alicyclic amines) is 1. The zero-order chi connectivity index (χ0) is 17.8. The van der Waals surface area contributed by atoms with E-state index in [1.165, 1.54) is 12.1 Å². The molecule has 2 aromatic carbocycles. The number of carboxylic acid groups (broad SMARTS) is 1. The van der Waals surface area contributed by atoms with Crippen molar-refractivity contribution >= 4 is 11.9 Å². The third-order valence-electron chi connectivity index (χ3n) is 4.54. The topological polar surface area (TPSA) is 57.6 Å². The lowest BCUT2D eigenvalue weighted by Gasteiger charge is -2.17. The van der Waals surface area contributed by atoms with Crippen LogP contribution in [-0.4, -0.2) is 35.0 Å². The van der Waals surface area contributed by atoms with Crippen molar-refractivity contribution in [3.63, 3.8) is 0 Å². The molecule has 1 N–H and O–H groups in total. The second-order valence-corrected chi connectivity index (χ2v) is 6.51. The van der Waals surface area contributed by atoms with Gasteiger partial charge >= 0.3 is 5.97 Å². The van der Waals surface area contributed by atoms with Gasteiger partial charge in [0.05, 0.1) is 6.42 Å². The average Bonchev–Trinajstić information content (AvgIpc) is 3.04. The van der Waals surface area contributed by atoms with Gasteiger partial charge in [-0.15, -0.1) is 0 Å². The predicted octanol–water partition coefficient (Wildman–Crippen LogP) is 3.16. The Morgan fingerprint density at radius 3 is 2.60 bits per heavy atom. The summed E-state index contributed by atoms with van der Waals surface area (Å²) >= 11 is 0. The number of nitrogens with zero attached hydrogens (tertiary/aromatic N) is 1. The van der Waals surface area contributed by atoms with Crippen LogP contribution in [0.1, 0.15) is 27.9 Å². The number of aliphatic carboxylic acids is 1. The minimum atomic E-state index is -0.912. The summed E-state index contributed by atoms with van der Waals surface area (Å²) in [5, 5.41) is 8.88. The minimum absolute atomic E-state index is 0.0613. The SMILES string of the molecule is O=C(O)Cc1cccc(C(=O)N2CCC(Cc3ccc(F)cc3)C2)c1. The van der Waals surface area contributed by atoms with E-state index in [2.05, 4.69) is 0 Å². The molecule has 0 bridgehead atoms. The van der Waals surface area contributed by atoms with Gasteiger partial charge in [-0.1, -0.05) is 24.3 Å². The lowest BCUT2D eigenvalue weighted by Crippen LogP contribution is -2.29. The number of benzene rings is 2. The molecule has 0 aliphatic carbocycles. The van der Waals surface area contributed by atoms with Crippen LogP contribution >= 0.6 is 0 Å². The molecule has 1 saturated heterocycles. The fourth-order valence-corrected chi connectivity index (χ4v) is 3.31. The van der Waals surface area contributed by atoms with E-state index in [-0.39, 0.29) is 18.1 Å². The van der Waals surface area contributed by atoms with E-state index in [4.69, 9.17) is 5.11 Å². The maximum absolute atomic E-state index is 13.0. The van der Waals surface area contributed by atoms with E-state index in [0.717, 1.165) is 18.4 Å². The van der Waals surface area contributed by atoms with Crippen molar-refractivity contribution in [2.75, 3.05) is 13.1 Å². The zero-order valence-electron chi connectivity index (χ0n) is 13.8. The van der Waals surface area contributed by atoms with Gasteiger partial charge in [-0.2, -0.15) is 0 Å². The molecule has 1 atom stereocenters. The number of amides is 1. The van der Waals surface area contributed by atoms with Crippen LogP contribution in [0.25, 0.3) is 0 Å². The van der Waals surface area contributed by atoms with Gasteiger partial charge in [-0.25, -0.2) is 4.39 Å². The first-order valence-electron chi connectivity index (χ1n) is 8.36. The monoisotopic (exact) mass is 341 g/mol. The van der Waals surface area contributed by atoms with E-state index in [1.807, 2.05) is 4.90 Å². The van der Waals surface area contributed by atoms with Crippen molar-refractivity contribution in [3.8, 4) is 0 Å². The van der Waals surface area contributed by atoms with Gasteiger partial charge in [0, 0.05) is 18.7 Å². The molecule has 0 spiro atoms. The Balaban J connectivity index is 1.62. The number of halogens is 1. The third-order valence-corrected chi connectivity index (χ3v) is 4.54. The largest absolute Gasteiger partial charge is 0.481 e. The molecule has 1 aliphatic heterocycles. The standard InChI is InChI=1S/C20H20FNO3/c21-18-6-4-14(5-7-18)10-16-8-9-22(13-16)20(25)17-3-1-2-15(11-17)12-19(23)24/h1-7,11,16H,8-10,12-13H2,(H,23,24). The molecule has 1 unspecified atom stereocenters. The van der Waals surface area contributed by atoms with Crippen molar-refractivity contribution in [1.82, 2.24) is 4.90 Å². The Bertz CT molecular complexity index is 773. The van der Waals surface area contributed by atoms with Crippen LogP contribution in [0, 0.1) is 11.7 Å². The quantitative estimate of drug-likeness (QED) is 0.909. The number of hydrogen-bond donors (Lipinski definition) is 1. The van der Waals surface area contributed by atoms with Crippen LogP contribution in [0.4, 0.5) is 4.39 Å². The molecule has 1 amide bonds. The van der Waals surface area contributed by atoms with E-state index in [9.17, 15) is 14.0 Å². The highest BCUT2D eigenvalue weighted by atomic mass is 19.1. The summed E-state index contributed by atoms with van der Waals surface area (Å²) in [5.74, 6) is -0.858. The van der Waals surface area contributed by atoms with Crippen molar-refractivity contribution in [2.24, 2.45) is 5.92 Å². The number of carboxylic acids is 1. The second kappa shape index (κ2) is 7.47. The van der Waals surface area contributed by atoms with Gasteiger partial charge in [-0.3, -0.25) is 9.59 Å². The third kappa shape index (κ3) is 4.44. The maximum atomic E-state index is 13.0. The molecular formula is C20H20FNO3. The van der Waals surface area contributed by atoms with Gasteiger partial charge < -0.3 is 10.0 Å². The number of carbonyl (C=O) groups excluding carboxylic acids is 1. The number of carbonyl (C=O) groups is 2. The lowest BCUT2D eigenvalue weighted by atomic mass is 9.99. The first kappa shape index (κ1) is 17.1. The smallest absolute Gasteiger partial charge is 0.307 e. The predicted molar refractivity (Wildman–Crippen MR) is 91.9 cm³/mol. The van der Waals surface area contributed by atoms with Crippen LogP contribution < -0.4 is 0 Å². The highest BCUT2D eigenvalue weighted by Crippen LogP contribution is 2.23. The molecule has 1 fully saturated rings. The van der Waals surface area contributed by atoms with Gasteiger partial charge in [-0.05, 0) is 54.2 Å². The van der Waals surface area contributed by atoms with E-state index < -0.39 is 5.97 Å². The molecule has 0 radical (unpaired) electrons. The fraction of sp³-hybridized carbons (Fsp3) is 0.300. The van der Waals surface area contributed by atoms with E-state index >= 15 is 0 Å². The first-order valence-corrected chi connectivity index (χ1v) is 8.36. The second-order valence-electron chi connectivity index (χ2n) is 6.51. The Morgan fingerprint density at radius 1 is 1.12 bits per heavy atom. The van der Waals surface area contributed by atoms with Crippen LogP contribution in [0.5, 0.6) is 0 Å². The summed E-state index contributed by atoms with van der Waals surface area (Å²) in [6.45, 7) is 1.35. The molecule has 130 valence electrons. The van der Waals surface area contributed by atoms with Crippen molar-refractivity contribution in [3.05, 3.63) is 71.0 Å². The molecule has 3 rings (SSSR count). The summed E-state index contributed by atoms with van der Waals surface area (Å²) in [7, 11) is 0. The molecule has 0 saturated carbocycles. The molecular weight excluding hydrogens is 321 g/mol. The van der Waals surface area contributed by atoms with E-state index in [0.29, 0.717) is 30.1 Å². The van der Waals surface area contributed by atoms with Crippen molar-refractivity contribution in [1.29, 1.82) is 0 Å². The van der Waals surface area contributed by atoms with E-state index in [1.54, 1.807) is 36.4 Å². The van der Waals surface area contributed by atoms with Gasteiger partial charge in [0.1, 0.15) is 5.82 Å². The lowest BCUT2D eigenvalue weighted by molar-refractivity contribution is -0.136. The summed E-state index contributed by atoms with van der Waals surface area (Å²) in [5.41, 5.74) is 2.23. The van der Waals surface area contributed by atoms with Crippen LogP contribution in [0.15, 0.2) is 48.5 Å². The fourth-order valence-electron chi connectivity index (χ4n) is 3.31. The minimum Gasteiger partial charge on any atom is -0.481 e. The Labute approximate surface area is 145 Å². The summed E-state index contributed by atoms with van der Waals surface area (Å²) in [6, 6.07) is 13.3. The molecule has 25 heavy (non-hydrogen) atoms. The summed E-state index contributed by atoms with van der Waals surface area (Å²) in [6.07, 6.45) is 1.65. The molecule has 2 aromatic rings.